The standard InChI is InChI=1S/C13H16O4S/c14-13(5-6-13)7-10-1-3-11(4-2-10)17-12-8-18(15,16)9-12/h1-4,12,14H,5-9H2. The van der Waals surface area contributed by atoms with E-state index in [0.29, 0.717) is 12.2 Å². The van der Waals surface area contributed by atoms with Crippen molar-refractivity contribution in [3.8, 4) is 5.75 Å². The number of hydrogen-bond donors (Lipinski definition) is 1. The fourth-order valence-corrected chi connectivity index (χ4v) is 3.34. The second-order valence-electron chi connectivity index (χ2n) is 5.36. The molecule has 4 nitrogen and oxygen atoms in total. The third-order valence-corrected chi connectivity index (χ3v) is 5.23. The Labute approximate surface area is 107 Å². The summed E-state index contributed by atoms with van der Waals surface area (Å²) in [5.41, 5.74) is 0.605. The molecule has 0 spiro atoms. The number of benzene rings is 1. The summed E-state index contributed by atoms with van der Waals surface area (Å²) in [5, 5.41) is 9.80. The van der Waals surface area contributed by atoms with Gasteiger partial charge in [0.15, 0.2) is 9.84 Å². The van der Waals surface area contributed by atoms with Crippen LogP contribution < -0.4 is 4.74 Å². The first-order valence-electron chi connectivity index (χ1n) is 6.13. The fraction of sp³-hybridized carbons (Fsp3) is 0.538. The maximum Gasteiger partial charge on any atom is 0.157 e. The molecule has 1 aliphatic heterocycles. The molecule has 5 heteroatoms. The molecule has 1 N–H and O–H groups in total. The first-order chi connectivity index (χ1) is 8.44. The average molecular weight is 268 g/mol. The SMILES string of the molecule is O=S1(=O)CC(Oc2ccc(CC3(O)CC3)cc2)C1. The lowest BCUT2D eigenvalue weighted by molar-refractivity contribution is 0.151. The van der Waals surface area contributed by atoms with Crippen LogP contribution in [0.4, 0.5) is 0 Å². The Bertz CT molecular complexity index is 531. The Morgan fingerprint density at radius 2 is 1.83 bits per heavy atom. The van der Waals surface area contributed by atoms with Gasteiger partial charge in [0.1, 0.15) is 11.9 Å². The predicted octanol–water partition coefficient (Wildman–Crippen LogP) is 0.930. The molecule has 2 aliphatic rings. The summed E-state index contributed by atoms with van der Waals surface area (Å²) in [6, 6.07) is 7.54. The maximum atomic E-state index is 11.0. The molecular weight excluding hydrogens is 252 g/mol. The Balaban J connectivity index is 1.58. The Morgan fingerprint density at radius 3 is 2.33 bits per heavy atom. The summed E-state index contributed by atoms with van der Waals surface area (Å²) in [5.74, 6) is 0.935. The molecule has 18 heavy (non-hydrogen) atoms. The first kappa shape index (κ1) is 12.0. The Morgan fingerprint density at radius 1 is 1.22 bits per heavy atom. The van der Waals surface area contributed by atoms with Crippen LogP contribution in [0.5, 0.6) is 5.75 Å². The van der Waals surface area contributed by atoms with Crippen molar-refractivity contribution < 1.29 is 18.3 Å². The molecule has 3 rings (SSSR count). The molecule has 1 aromatic carbocycles. The van der Waals surface area contributed by atoms with Gasteiger partial charge >= 0.3 is 0 Å². The molecule has 0 radical (unpaired) electrons. The first-order valence-corrected chi connectivity index (χ1v) is 7.95. The predicted molar refractivity (Wildman–Crippen MR) is 67.4 cm³/mol. The van der Waals surface area contributed by atoms with Crippen molar-refractivity contribution in [1.29, 1.82) is 0 Å². The van der Waals surface area contributed by atoms with Gasteiger partial charge in [-0.2, -0.15) is 0 Å². The van der Waals surface area contributed by atoms with Crippen LogP contribution in [0.1, 0.15) is 18.4 Å². The molecule has 1 heterocycles. The van der Waals surface area contributed by atoms with Crippen LogP contribution in [-0.4, -0.2) is 36.7 Å². The van der Waals surface area contributed by atoms with Crippen molar-refractivity contribution in [2.75, 3.05) is 11.5 Å². The van der Waals surface area contributed by atoms with Crippen LogP contribution in [0.25, 0.3) is 0 Å². The van der Waals surface area contributed by atoms with Gasteiger partial charge in [-0.1, -0.05) is 12.1 Å². The number of hydrogen-bond acceptors (Lipinski definition) is 4. The number of sulfone groups is 1. The van der Waals surface area contributed by atoms with E-state index in [4.69, 9.17) is 4.74 Å². The van der Waals surface area contributed by atoms with E-state index in [1.54, 1.807) is 0 Å². The molecule has 1 saturated heterocycles. The van der Waals surface area contributed by atoms with Gasteiger partial charge in [0, 0.05) is 6.42 Å². The van der Waals surface area contributed by atoms with Gasteiger partial charge in [-0.15, -0.1) is 0 Å². The molecule has 98 valence electrons. The quantitative estimate of drug-likeness (QED) is 0.882. The molecule has 0 aromatic heterocycles. The second kappa shape index (κ2) is 3.96. The third-order valence-electron chi connectivity index (χ3n) is 3.47. The molecule has 0 bridgehead atoms. The molecule has 1 saturated carbocycles. The third kappa shape index (κ3) is 2.67. The van der Waals surface area contributed by atoms with E-state index in [9.17, 15) is 13.5 Å². The smallest absolute Gasteiger partial charge is 0.157 e. The summed E-state index contributed by atoms with van der Waals surface area (Å²) in [4.78, 5) is 0. The van der Waals surface area contributed by atoms with Crippen LogP contribution >= 0.6 is 0 Å². The molecule has 0 unspecified atom stereocenters. The lowest BCUT2D eigenvalue weighted by Crippen LogP contribution is -2.45. The minimum Gasteiger partial charge on any atom is -0.488 e. The van der Waals surface area contributed by atoms with E-state index in [-0.39, 0.29) is 17.6 Å². The van der Waals surface area contributed by atoms with Gasteiger partial charge in [-0.25, -0.2) is 8.42 Å². The van der Waals surface area contributed by atoms with Crippen molar-refractivity contribution in [2.24, 2.45) is 0 Å². The molecule has 0 atom stereocenters. The van der Waals surface area contributed by atoms with E-state index in [1.165, 1.54) is 0 Å². The number of rotatable bonds is 4. The van der Waals surface area contributed by atoms with Crippen LogP contribution in [-0.2, 0) is 16.3 Å². The molecule has 2 fully saturated rings. The van der Waals surface area contributed by atoms with Gasteiger partial charge in [0.2, 0.25) is 0 Å². The van der Waals surface area contributed by atoms with Gasteiger partial charge < -0.3 is 9.84 Å². The van der Waals surface area contributed by atoms with Gasteiger partial charge in [-0.05, 0) is 30.5 Å². The summed E-state index contributed by atoms with van der Waals surface area (Å²) in [6.45, 7) is 0. The normalized spacial score (nSPS) is 24.3. The summed E-state index contributed by atoms with van der Waals surface area (Å²) in [7, 11) is -2.83. The molecule has 1 aromatic rings. The van der Waals surface area contributed by atoms with Crippen molar-refractivity contribution in [3.05, 3.63) is 29.8 Å². The lowest BCUT2D eigenvalue weighted by atomic mass is 10.1. The van der Waals surface area contributed by atoms with E-state index < -0.39 is 15.4 Å². The van der Waals surface area contributed by atoms with Crippen molar-refractivity contribution in [2.45, 2.75) is 31.0 Å². The minimum absolute atomic E-state index is 0.120. The van der Waals surface area contributed by atoms with Gasteiger partial charge in [0.05, 0.1) is 17.1 Å². The highest BCUT2D eigenvalue weighted by molar-refractivity contribution is 7.92. The zero-order valence-electron chi connectivity index (χ0n) is 10.0. The van der Waals surface area contributed by atoms with Crippen molar-refractivity contribution in [1.82, 2.24) is 0 Å². The van der Waals surface area contributed by atoms with Gasteiger partial charge in [0.25, 0.3) is 0 Å². The number of aliphatic hydroxyl groups is 1. The van der Waals surface area contributed by atoms with Crippen molar-refractivity contribution in [3.63, 3.8) is 0 Å². The summed E-state index contributed by atoms with van der Waals surface area (Å²) in [6.07, 6.45) is 2.25. The molecule has 1 aliphatic carbocycles. The zero-order valence-corrected chi connectivity index (χ0v) is 10.8. The fourth-order valence-electron chi connectivity index (χ4n) is 2.17. The van der Waals surface area contributed by atoms with Crippen LogP contribution in [0, 0.1) is 0 Å². The largest absolute Gasteiger partial charge is 0.488 e. The summed E-state index contributed by atoms with van der Waals surface area (Å²) < 4.78 is 27.5. The van der Waals surface area contributed by atoms with E-state index in [2.05, 4.69) is 0 Å². The second-order valence-corrected chi connectivity index (χ2v) is 7.52. The van der Waals surface area contributed by atoms with Crippen molar-refractivity contribution >= 4 is 9.84 Å². The van der Waals surface area contributed by atoms with E-state index in [1.807, 2.05) is 24.3 Å². The highest BCUT2D eigenvalue weighted by Gasteiger charge is 2.40. The molecular formula is C13H16O4S. The van der Waals surface area contributed by atoms with E-state index in [0.717, 1.165) is 18.4 Å². The topological polar surface area (TPSA) is 63.6 Å². The lowest BCUT2D eigenvalue weighted by Gasteiger charge is -2.26. The highest BCUT2D eigenvalue weighted by Crippen LogP contribution is 2.38. The Kier molecular flexibility index (Phi) is 2.64. The monoisotopic (exact) mass is 268 g/mol. The zero-order chi connectivity index (χ0) is 12.8. The summed E-state index contributed by atoms with van der Waals surface area (Å²) >= 11 is 0. The molecule has 0 amide bonds. The van der Waals surface area contributed by atoms with Gasteiger partial charge in [-0.3, -0.25) is 0 Å². The van der Waals surface area contributed by atoms with Crippen LogP contribution in [0.2, 0.25) is 0 Å². The van der Waals surface area contributed by atoms with Crippen LogP contribution in [0.3, 0.4) is 0 Å². The number of ether oxygens (including phenoxy) is 1. The highest BCUT2D eigenvalue weighted by atomic mass is 32.2. The maximum absolute atomic E-state index is 11.0. The van der Waals surface area contributed by atoms with E-state index >= 15 is 0 Å². The van der Waals surface area contributed by atoms with Crippen LogP contribution in [0.15, 0.2) is 24.3 Å². The minimum atomic E-state index is -2.83. The average Bonchev–Trinajstić information content (AvgIpc) is 2.97. The Hall–Kier alpha value is -1.07.